The van der Waals surface area contributed by atoms with Crippen LogP contribution in [-0.2, 0) is 4.79 Å². The molecule has 4 nitrogen and oxygen atoms in total. The number of aryl methyl sites for hydroxylation is 1. The fourth-order valence-corrected chi connectivity index (χ4v) is 2.49. The monoisotopic (exact) mass is 311 g/mol. The zero-order valence-electron chi connectivity index (χ0n) is 14.1. The molecule has 2 N–H and O–H groups in total. The molecule has 0 saturated heterocycles. The van der Waals surface area contributed by atoms with E-state index in [9.17, 15) is 4.79 Å². The van der Waals surface area contributed by atoms with Gasteiger partial charge in [0.05, 0.1) is 6.54 Å². The Morgan fingerprint density at radius 1 is 1.00 bits per heavy atom. The maximum atomic E-state index is 12.0. The molecule has 4 heteroatoms. The van der Waals surface area contributed by atoms with E-state index in [0.717, 1.165) is 24.5 Å². The predicted octanol–water partition coefficient (Wildman–Crippen LogP) is 3.89. The van der Waals surface area contributed by atoms with Gasteiger partial charge >= 0.3 is 0 Å². The molecule has 0 aliphatic rings. The predicted molar refractivity (Wildman–Crippen MR) is 98.3 cm³/mol. The van der Waals surface area contributed by atoms with Crippen LogP contribution >= 0.6 is 0 Å². The van der Waals surface area contributed by atoms with Crippen LogP contribution in [0.3, 0.4) is 0 Å². The summed E-state index contributed by atoms with van der Waals surface area (Å²) in [6.07, 6.45) is 0. The second-order valence-corrected chi connectivity index (χ2v) is 5.49. The number of carbonyl (C=O) groups is 1. The molecule has 23 heavy (non-hydrogen) atoms. The summed E-state index contributed by atoms with van der Waals surface area (Å²) in [5, 5.41) is 6.04. The summed E-state index contributed by atoms with van der Waals surface area (Å²) in [6, 6.07) is 15.9. The second kappa shape index (κ2) is 8.22. The van der Waals surface area contributed by atoms with Crippen LogP contribution in [0.2, 0.25) is 0 Å². The van der Waals surface area contributed by atoms with Crippen molar-refractivity contribution in [2.24, 2.45) is 0 Å². The van der Waals surface area contributed by atoms with E-state index in [-0.39, 0.29) is 12.5 Å². The van der Waals surface area contributed by atoms with Gasteiger partial charge in [-0.25, -0.2) is 0 Å². The third-order valence-corrected chi connectivity index (χ3v) is 3.75. The van der Waals surface area contributed by atoms with Gasteiger partial charge in [-0.2, -0.15) is 0 Å². The topological polar surface area (TPSA) is 44.4 Å². The summed E-state index contributed by atoms with van der Waals surface area (Å²) in [7, 11) is 0. The molecule has 0 radical (unpaired) electrons. The lowest BCUT2D eigenvalue weighted by Gasteiger charge is -2.21. The van der Waals surface area contributed by atoms with Crippen LogP contribution in [0.15, 0.2) is 48.5 Å². The average molecular weight is 311 g/mol. The molecule has 0 spiro atoms. The van der Waals surface area contributed by atoms with Gasteiger partial charge in [-0.3, -0.25) is 4.79 Å². The number of amides is 1. The normalized spacial score (nSPS) is 10.2. The summed E-state index contributed by atoms with van der Waals surface area (Å²) < 4.78 is 0. The van der Waals surface area contributed by atoms with Gasteiger partial charge in [-0.1, -0.05) is 12.1 Å². The Morgan fingerprint density at radius 3 is 2.30 bits per heavy atom. The van der Waals surface area contributed by atoms with Gasteiger partial charge in [0.25, 0.3) is 0 Å². The first-order valence-electron chi connectivity index (χ1n) is 8.07. The van der Waals surface area contributed by atoms with E-state index >= 15 is 0 Å². The van der Waals surface area contributed by atoms with Crippen LogP contribution in [0.5, 0.6) is 0 Å². The molecule has 1 amide bonds. The number of nitrogens with zero attached hydrogens (tertiary/aromatic N) is 1. The molecule has 2 rings (SSSR count). The molecule has 0 aromatic heterocycles. The van der Waals surface area contributed by atoms with Gasteiger partial charge in [-0.15, -0.1) is 0 Å². The smallest absolute Gasteiger partial charge is 0.243 e. The molecule has 2 aromatic rings. The van der Waals surface area contributed by atoms with Crippen molar-refractivity contribution in [2.75, 3.05) is 35.2 Å². The Morgan fingerprint density at radius 2 is 1.70 bits per heavy atom. The molecule has 0 aliphatic carbocycles. The molecule has 122 valence electrons. The van der Waals surface area contributed by atoms with E-state index in [1.54, 1.807) is 0 Å². The molecule has 0 saturated carbocycles. The zero-order valence-corrected chi connectivity index (χ0v) is 14.1. The van der Waals surface area contributed by atoms with Crippen LogP contribution in [0.1, 0.15) is 19.4 Å². The maximum absolute atomic E-state index is 12.0. The minimum atomic E-state index is -0.0536. The van der Waals surface area contributed by atoms with Gasteiger partial charge in [0, 0.05) is 30.2 Å². The average Bonchev–Trinajstić information content (AvgIpc) is 2.56. The van der Waals surface area contributed by atoms with Crippen LogP contribution in [0, 0.1) is 6.92 Å². The van der Waals surface area contributed by atoms with Crippen molar-refractivity contribution < 1.29 is 4.79 Å². The highest BCUT2D eigenvalue weighted by atomic mass is 16.1. The fourth-order valence-electron chi connectivity index (χ4n) is 2.49. The summed E-state index contributed by atoms with van der Waals surface area (Å²) in [5.41, 5.74) is 4.11. The van der Waals surface area contributed by atoms with Gasteiger partial charge < -0.3 is 15.5 Å². The first kappa shape index (κ1) is 16.9. The molecule has 0 bridgehead atoms. The van der Waals surface area contributed by atoms with Gasteiger partial charge in [0.2, 0.25) is 5.91 Å². The van der Waals surface area contributed by atoms with E-state index in [1.165, 1.54) is 11.3 Å². The fraction of sp³-hybridized carbons (Fsp3) is 0.316. The van der Waals surface area contributed by atoms with Crippen molar-refractivity contribution in [3.8, 4) is 0 Å². The first-order chi connectivity index (χ1) is 11.1. The van der Waals surface area contributed by atoms with Gasteiger partial charge in [0.1, 0.15) is 0 Å². The van der Waals surface area contributed by atoms with E-state index in [1.807, 2.05) is 55.5 Å². The molecular weight excluding hydrogens is 286 g/mol. The summed E-state index contributed by atoms with van der Waals surface area (Å²) >= 11 is 0. The summed E-state index contributed by atoms with van der Waals surface area (Å²) in [6.45, 7) is 8.50. The second-order valence-electron chi connectivity index (χ2n) is 5.49. The summed E-state index contributed by atoms with van der Waals surface area (Å²) in [4.78, 5) is 14.3. The molecule has 0 atom stereocenters. The van der Waals surface area contributed by atoms with Crippen molar-refractivity contribution in [3.63, 3.8) is 0 Å². The van der Waals surface area contributed by atoms with Crippen molar-refractivity contribution in [1.82, 2.24) is 0 Å². The number of anilines is 3. The minimum Gasteiger partial charge on any atom is -0.376 e. The highest BCUT2D eigenvalue weighted by molar-refractivity contribution is 5.93. The Bertz CT molecular complexity index is 633. The van der Waals surface area contributed by atoms with Crippen LogP contribution in [0.4, 0.5) is 17.1 Å². The molecule has 0 fully saturated rings. The van der Waals surface area contributed by atoms with Gasteiger partial charge in [0.15, 0.2) is 0 Å². The highest BCUT2D eigenvalue weighted by Gasteiger charge is 2.04. The van der Waals surface area contributed by atoms with E-state index in [4.69, 9.17) is 0 Å². The Labute approximate surface area is 138 Å². The maximum Gasteiger partial charge on any atom is 0.243 e. The number of rotatable bonds is 7. The van der Waals surface area contributed by atoms with Crippen LogP contribution in [0.25, 0.3) is 0 Å². The van der Waals surface area contributed by atoms with Crippen molar-refractivity contribution in [2.45, 2.75) is 20.8 Å². The Balaban J connectivity index is 1.87. The minimum absolute atomic E-state index is 0.0536. The van der Waals surface area contributed by atoms with Crippen LogP contribution in [-0.4, -0.2) is 25.5 Å². The third kappa shape index (κ3) is 5.02. The van der Waals surface area contributed by atoms with Crippen molar-refractivity contribution >= 4 is 23.0 Å². The van der Waals surface area contributed by atoms with Gasteiger partial charge in [-0.05, 0) is 62.7 Å². The first-order valence-corrected chi connectivity index (χ1v) is 8.07. The molecule has 0 heterocycles. The number of benzene rings is 2. The number of carbonyl (C=O) groups excluding carboxylic acids is 1. The lowest BCUT2D eigenvalue weighted by molar-refractivity contribution is -0.114. The molecular formula is C19H25N3O. The third-order valence-electron chi connectivity index (χ3n) is 3.75. The number of nitrogens with one attached hydrogen (secondary N) is 2. The largest absolute Gasteiger partial charge is 0.376 e. The Kier molecular flexibility index (Phi) is 6.03. The lowest BCUT2D eigenvalue weighted by Crippen LogP contribution is -2.23. The number of hydrogen-bond acceptors (Lipinski definition) is 3. The van der Waals surface area contributed by atoms with E-state index in [0.29, 0.717) is 0 Å². The standard InChI is InChI=1S/C19H25N3O/c1-4-22(5-2)18-11-9-16(10-12-18)21-19(23)14-20-17-8-6-7-15(3)13-17/h6-13,20H,4-5,14H2,1-3H3,(H,21,23). The molecule has 0 aliphatic heterocycles. The Hall–Kier alpha value is -2.49. The van der Waals surface area contributed by atoms with Crippen molar-refractivity contribution in [3.05, 3.63) is 54.1 Å². The SMILES string of the molecule is CCN(CC)c1ccc(NC(=O)CNc2cccc(C)c2)cc1. The number of hydrogen-bond donors (Lipinski definition) is 2. The highest BCUT2D eigenvalue weighted by Crippen LogP contribution is 2.17. The van der Waals surface area contributed by atoms with Crippen molar-refractivity contribution in [1.29, 1.82) is 0 Å². The van der Waals surface area contributed by atoms with E-state index < -0.39 is 0 Å². The lowest BCUT2D eigenvalue weighted by atomic mass is 10.2. The quantitative estimate of drug-likeness (QED) is 0.815. The zero-order chi connectivity index (χ0) is 16.7. The molecule has 2 aromatic carbocycles. The van der Waals surface area contributed by atoms with Crippen LogP contribution < -0.4 is 15.5 Å². The summed E-state index contributed by atoms with van der Waals surface area (Å²) in [5.74, 6) is -0.0536. The molecule has 0 unspecified atom stereocenters. The van der Waals surface area contributed by atoms with E-state index in [2.05, 4.69) is 29.4 Å².